The first-order valence-electron chi connectivity index (χ1n) is 7.84. The number of hydrogen-bond acceptors (Lipinski definition) is 5. The number of benzene rings is 2. The van der Waals surface area contributed by atoms with E-state index in [0.717, 1.165) is 11.3 Å². The molecule has 0 bridgehead atoms. The van der Waals surface area contributed by atoms with E-state index in [9.17, 15) is 4.79 Å². The molecule has 6 nitrogen and oxygen atoms in total. The predicted octanol–water partition coefficient (Wildman–Crippen LogP) is 2.71. The minimum atomic E-state index is -0.151. The third-order valence-electron chi connectivity index (χ3n) is 3.87. The van der Waals surface area contributed by atoms with E-state index in [4.69, 9.17) is 14.2 Å². The van der Waals surface area contributed by atoms with Crippen molar-refractivity contribution in [3.8, 4) is 17.2 Å². The summed E-state index contributed by atoms with van der Waals surface area (Å²) < 4.78 is 15.9. The SMILES string of the molecule is COc1cc(OC)c(OC)cc1CNC(=O)c1ccc(N(C)C)cc1. The van der Waals surface area contributed by atoms with Crippen molar-refractivity contribution < 1.29 is 19.0 Å². The van der Waals surface area contributed by atoms with Gasteiger partial charge in [-0.3, -0.25) is 4.79 Å². The average molecular weight is 344 g/mol. The van der Waals surface area contributed by atoms with Crippen molar-refractivity contribution >= 4 is 11.6 Å². The summed E-state index contributed by atoms with van der Waals surface area (Å²) in [6, 6.07) is 11.0. The van der Waals surface area contributed by atoms with Gasteiger partial charge in [0.25, 0.3) is 5.91 Å². The lowest BCUT2D eigenvalue weighted by Gasteiger charge is -2.15. The molecule has 134 valence electrons. The Balaban J connectivity index is 2.13. The van der Waals surface area contributed by atoms with Crippen LogP contribution in [0, 0.1) is 0 Å². The Morgan fingerprint density at radius 2 is 1.48 bits per heavy atom. The number of anilines is 1. The minimum absolute atomic E-state index is 0.151. The molecule has 2 rings (SSSR count). The lowest BCUT2D eigenvalue weighted by atomic mass is 10.1. The Bertz CT molecular complexity index is 727. The van der Waals surface area contributed by atoms with Crippen molar-refractivity contribution in [2.45, 2.75) is 6.54 Å². The monoisotopic (exact) mass is 344 g/mol. The number of rotatable bonds is 7. The second kappa shape index (κ2) is 8.28. The van der Waals surface area contributed by atoms with Crippen LogP contribution >= 0.6 is 0 Å². The van der Waals surface area contributed by atoms with E-state index in [2.05, 4.69) is 5.32 Å². The maximum Gasteiger partial charge on any atom is 0.251 e. The van der Waals surface area contributed by atoms with Gasteiger partial charge in [0, 0.05) is 43.5 Å². The molecule has 0 saturated carbocycles. The molecule has 0 heterocycles. The van der Waals surface area contributed by atoms with Crippen molar-refractivity contribution in [3.05, 3.63) is 47.5 Å². The Kier molecular flexibility index (Phi) is 6.11. The molecule has 0 aromatic heterocycles. The van der Waals surface area contributed by atoms with Crippen LogP contribution in [0.1, 0.15) is 15.9 Å². The van der Waals surface area contributed by atoms with Gasteiger partial charge in [-0.05, 0) is 30.3 Å². The summed E-state index contributed by atoms with van der Waals surface area (Å²) >= 11 is 0. The summed E-state index contributed by atoms with van der Waals surface area (Å²) in [6.07, 6.45) is 0. The normalized spacial score (nSPS) is 10.1. The molecule has 0 unspecified atom stereocenters. The number of nitrogens with one attached hydrogen (secondary N) is 1. The molecular formula is C19H24N2O4. The van der Waals surface area contributed by atoms with E-state index in [1.165, 1.54) is 0 Å². The molecule has 1 amide bonds. The lowest BCUT2D eigenvalue weighted by molar-refractivity contribution is 0.0950. The largest absolute Gasteiger partial charge is 0.496 e. The van der Waals surface area contributed by atoms with Crippen molar-refractivity contribution in [2.75, 3.05) is 40.3 Å². The number of carbonyl (C=O) groups is 1. The highest BCUT2D eigenvalue weighted by atomic mass is 16.5. The number of ether oxygens (including phenoxy) is 3. The summed E-state index contributed by atoms with van der Waals surface area (Å²) in [5.74, 6) is 1.64. The van der Waals surface area contributed by atoms with Gasteiger partial charge in [0.2, 0.25) is 0 Å². The molecule has 0 fully saturated rings. The van der Waals surface area contributed by atoms with Gasteiger partial charge in [-0.1, -0.05) is 0 Å². The standard InChI is InChI=1S/C19H24N2O4/c1-21(2)15-8-6-13(7-9-15)19(22)20-12-14-10-17(24-4)18(25-5)11-16(14)23-3/h6-11H,12H2,1-5H3,(H,20,22). The summed E-state index contributed by atoms with van der Waals surface area (Å²) in [5.41, 5.74) is 2.45. The highest BCUT2D eigenvalue weighted by molar-refractivity contribution is 5.94. The number of hydrogen-bond donors (Lipinski definition) is 1. The molecule has 0 saturated heterocycles. The number of methoxy groups -OCH3 is 3. The van der Waals surface area contributed by atoms with E-state index in [-0.39, 0.29) is 5.91 Å². The molecule has 1 N–H and O–H groups in total. The highest BCUT2D eigenvalue weighted by Crippen LogP contribution is 2.34. The fraction of sp³-hybridized carbons (Fsp3) is 0.316. The van der Waals surface area contributed by atoms with Crippen LogP contribution in [0.4, 0.5) is 5.69 Å². The van der Waals surface area contributed by atoms with Crippen LogP contribution < -0.4 is 24.4 Å². The fourth-order valence-corrected chi connectivity index (χ4v) is 2.42. The second-order valence-electron chi connectivity index (χ2n) is 5.64. The van der Waals surface area contributed by atoms with Crippen LogP contribution in [0.25, 0.3) is 0 Å². The summed E-state index contributed by atoms with van der Waals surface area (Å²) in [4.78, 5) is 14.3. The van der Waals surface area contributed by atoms with Gasteiger partial charge < -0.3 is 24.4 Å². The van der Waals surface area contributed by atoms with Gasteiger partial charge in [0.05, 0.1) is 21.3 Å². The van der Waals surface area contributed by atoms with E-state index >= 15 is 0 Å². The maximum atomic E-state index is 12.4. The van der Waals surface area contributed by atoms with Crippen molar-refractivity contribution in [1.29, 1.82) is 0 Å². The summed E-state index contributed by atoms with van der Waals surface area (Å²) in [7, 11) is 8.62. The van der Waals surface area contributed by atoms with Crippen LogP contribution in [0.2, 0.25) is 0 Å². The number of carbonyl (C=O) groups excluding carboxylic acids is 1. The van der Waals surface area contributed by atoms with E-state index in [1.807, 2.05) is 31.1 Å². The van der Waals surface area contributed by atoms with Crippen LogP contribution in [0.15, 0.2) is 36.4 Å². The van der Waals surface area contributed by atoms with Crippen LogP contribution in [-0.4, -0.2) is 41.3 Å². The average Bonchev–Trinajstić information content (AvgIpc) is 2.65. The Labute approximate surface area is 148 Å². The Morgan fingerprint density at radius 3 is 2.00 bits per heavy atom. The van der Waals surface area contributed by atoms with Crippen LogP contribution in [-0.2, 0) is 6.54 Å². The van der Waals surface area contributed by atoms with E-state index < -0.39 is 0 Å². The van der Waals surface area contributed by atoms with Crippen LogP contribution in [0.5, 0.6) is 17.2 Å². The zero-order chi connectivity index (χ0) is 18.4. The Hall–Kier alpha value is -2.89. The van der Waals surface area contributed by atoms with E-state index in [0.29, 0.717) is 29.4 Å². The molecule has 0 radical (unpaired) electrons. The van der Waals surface area contributed by atoms with Crippen molar-refractivity contribution in [2.24, 2.45) is 0 Å². The third-order valence-corrected chi connectivity index (χ3v) is 3.87. The summed E-state index contributed by atoms with van der Waals surface area (Å²) in [5, 5.41) is 2.90. The van der Waals surface area contributed by atoms with Crippen LogP contribution in [0.3, 0.4) is 0 Å². The first-order valence-corrected chi connectivity index (χ1v) is 7.84. The third kappa shape index (κ3) is 4.35. The van der Waals surface area contributed by atoms with E-state index in [1.54, 1.807) is 45.6 Å². The molecule has 0 aliphatic rings. The van der Waals surface area contributed by atoms with Gasteiger partial charge >= 0.3 is 0 Å². The van der Waals surface area contributed by atoms with Gasteiger partial charge in [0.1, 0.15) is 5.75 Å². The summed E-state index contributed by atoms with van der Waals surface area (Å²) in [6.45, 7) is 0.317. The highest BCUT2D eigenvalue weighted by Gasteiger charge is 2.13. The maximum absolute atomic E-state index is 12.4. The molecular weight excluding hydrogens is 320 g/mol. The molecule has 25 heavy (non-hydrogen) atoms. The molecule has 2 aromatic carbocycles. The zero-order valence-corrected chi connectivity index (χ0v) is 15.3. The first-order chi connectivity index (χ1) is 12.0. The molecule has 0 spiro atoms. The molecule has 6 heteroatoms. The topological polar surface area (TPSA) is 60.0 Å². The zero-order valence-electron chi connectivity index (χ0n) is 15.3. The van der Waals surface area contributed by atoms with Crippen molar-refractivity contribution in [1.82, 2.24) is 5.32 Å². The van der Waals surface area contributed by atoms with Gasteiger partial charge in [-0.25, -0.2) is 0 Å². The van der Waals surface area contributed by atoms with Gasteiger partial charge in [-0.15, -0.1) is 0 Å². The number of nitrogens with zero attached hydrogens (tertiary/aromatic N) is 1. The number of amides is 1. The smallest absolute Gasteiger partial charge is 0.251 e. The Morgan fingerprint density at radius 1 is 0.920 bits per heavy atom. The fourth-order valence-electron chi connectivity index (χ4n) is 2.42. The predicted molar refractivity (Wildman–Crippen MR) is 98.0 cm³/mol. The molecule has 2 aromatic rings. The molecule has 0 atom stereocenters. The second-order valence-corrected chi connectivity index (χ2v) is 5.64. The van der Waals surface area contributed by atoms with Gasteiger partial charge in [0.15, 0.2) is 11.5 Å². The minimum Gasteiger partial charge on any atom is -0.496 e. The van der Waals surface area contributed by atoms with Gasteiger partial charge in [-0.2, -0.15) is 0 Å². The quantitative estimate of drug-likeness (QED) is 0.837. The van der Waals surface area contributed by atoms with Crippen molar-refractivity contribution in [3.63, 3.8) is 0 Å². The molecule has 0 aliphatic carbocycles. The first kappa shape index (κ1) is 18.4. The lowest BCUT2D eigenvalue weighted by Crippen LogP contribution is -2.23. The molecule has 0 aliphatic heterocycles.